The minimum Gasteiger partial charge on any atom is -0.495 e. The van der Waals surface area contributed by atoms with Crippen LogP contribution in [0.25, 0.3) is 0 Å². The van der Waals surface area contributed by atoms with Crippen molar-refractivity contribution in [2.45, 2.75) is 4.90 Å². The fraction of sp³-hybridized carbons (Fsp3) is 0.235. The molecule has 1 amide bonds. The van der Waals surface area contributed by atoms with E-state index in [2.05, 4.69) is 10.3 Å². The normalized spacial score (nSPS) is 11.1. The molecule has 0 aliphatic heterocycles. The number of sulfonamides is 1. The molecule has 2 rings (SSSR count). The Hall–Kier alpha value is -2.98. The SMILES string of the molecule is COc1ccc(NC(=O)COC(=O)c2ccccn2)cc1S(=O)(=O)N(C)C. The van der Waals surface area contributed by atoms with Gasteiger partial charge in [-0.05, 0) is 30.3 Å². The summed E-state index contributed by atoms with van der Waals surface area (Å²) in [6, 6.07) is 8.90. The first-order chi connectivity index (χ1) is 12.8. The number of nitrogens with one attached hydrogen (secondary N) is 1. The highest BCUT2D eigenvalue weighted by molar-refractivity contribution is 7.89. The van der Waals surface area contributed by atoms with Crippen LogP contribution in [0, 0.1) is 0 Å². The van der Waals surface area contributed by atoms with Crippen LogP contribution in [0.2, 0.25) is 0 Å². The van der Waals surface area contributed by atoms with Crippen molar-refractivity contribution < 1.29 is 27.5 Å². The Morgan fingerprint density at radius 2 is 1.93 bits per heavy atom. The Morgan fingerprint density at radius 1 is 1.19 bits per heavy atom. The van der Waals surface area contributed by atoms with Crippen molar-refractivity contribution in [1.29, 1.82) is 0 Å². The van der Waals surface area contributed by atoms with Crippen molar-refractivity contribution in [3.8, 4) is 5.75 Å². The summed E-state index contributed by atoms with van der Waals surface area (Å²) in [6.45, 7) is -0.544. The molecular weight excluding hydrogens is 374 g/mol. The van der Waals surface area contributed by atoms with Crippen LogP contribution in [0.5, 0.6) is 5.75 Å². The van der Waals surface area contributed by atoms with Crippen LogP contribution in [0.15, 0.2) is 47.5 Å². The van der Waals surface area contributed by atoms with Gasteiger partial charge in [0, 0.05) is 26.0 Å². The highest BCUT2D eigenvalue weighted by atomic mass is 32.2. The molecule has 0 bridgehead atoms. The average Bonchev–Trinajstić information content (AvgIpc) is 2.66. The summed E-state index contributed by atoms with van der Waals surface area (Å²) in [5.41, 5.74) is 0.296. The van der Waals surface area contributed by atoms with Gasteiger partial charge in [0.25, 0.3) is 5.91 Å². The van der Waals surface area contributed by atoms with E-state index in [0.29, 0.717) is 0 Å². The van der Waals surface area contributed by atoms with Gasteiger partial charge in [0.15, 0.2) is 6.61 Å². The maximum atomic E-state index is 12.4. The third-order valence-electron chi connectivity index (χ3n) is 3.41. The lowest BCUT2D eigenvalue weighted by Crippen LogP contribution is -2.24. The van der Waals surface area contributed by atoms with Crippen LogP contribution >= 0.6 is 0 Å². The molecule has 0 radical (unpaired) electrons. The molecule has 1 aromatic heterocycles. The summed E-state index contributed by atoms with van der Waals surface area (Å²) in [6.07, 6.45) is 1.43. The van der Waals surface area contributed by atoms with Crippen molar-refractivity contribution in [2.75, 3.05) is 33.1 Å². The average molecular weight is 393 g/mol. The Bertz CT molecular complexity index is 929. The molecule has 0 fully saturated rings. The van der Waals surface area contributed by atoms with E-state index in [4.69, 9.17) is 9.47 Å². The number of methoxy groups -OCH3 is 1. The number of amides is 1. The molecule has 144 valence electrons. The van der Waals surface area contributed by atoms with Gasteiger partial charge in [0.2, 0.25) is 10.0 Å². The van der Waals surface area contributed by atoms with Gasteiger partial charge in [0.1, 0.15) is 16.3 Å². The number of aromatic nitrogens is 1. The zero-order valence-corrected chi connectivity index (χ0v) is 15.8. The van der Waals surface area contributed by atoms with Crippen molar-refractivity contribution in [1.82, 2.24) is 9.29 Å². The molecule has 0 aliphatic carbocycles. The maximum absolute atomic E-state index is 12.4. The maximum Gasteiger partial charge on any atom is 0.357 e. The summed E-state index contributed by atoms with van der Waals surface area (Å²) in [5, 5.41) is 2.48. The molecule has 2 aromatic rings. The summed E-state index contributed by atoms with van der Waals surface area (Å²) in [5.74, 6) is -1.22. The second-order valence-corrected chi connectivity index (χ2v) is 7.61. The monoisotopic (exact) mass is 393 g/mol. The molecule has 0 atom stereocenters. The van der Waals surface area contributed by atoms with Gasteiger partial charge < -0.3 is 14.8 Å². The molecule has 0 unspecified atom stereocenters. The minimum atomic E-state index is -3.78. The number of carbonyl (C=O) groups excluding carboxylic acids is 2. The molecule has 9 nitrogen and oxygen atoms in total. The third-order valence-corrected chi connectivity index (χ3v) is 5.25. The topological polar surface area (TPSA) is 115 Å². The van der Waals surface area contributed by atoms with Gasteiger partial charge in [0.05, 0.1) is 7.11 Å². The number of hydrogen-bond acceptors (Lipinski definition) is 7. The largest absolute Gasteiger partial charge is 0.495 e. The fourth-order valence-corrected chi connectivity index (χ4v) is 3.11. The molecule has 1 N–H and O–H groups in total. The first-order valence-electron chi connectivity index (χ1n) is 7.74. The van der Waals surface area contributed by atoms with E-state index in [-0.39, 0.29) is 22.0 Å². The first kappa shape index (κ1) is 20.3. The Balaban J connectivity index is 2.09. The quantitative estimate of drug-likeness (QED) is 0.701. The van der Waals surface area contributed by atoms with Crippen LogP contribution in [0.1, 0.15) is 10.5 Å². The van der Waals surface area contributed by atoms with Crippen molar-refractivity contribution >= 4 is 27.6 Å². The van der Waals surface area contributed by atoms with Crippen LogP contribution in [-0.2, 0) is 19.6 Å². The predicted octanol–water partition coefficient (Wildman–Crippen LogP) is 1.14. The lowest BCUT2D eigenvalue weighted by Gasteiger charge is -2.16. The molecule has 0 aliphatic rings. The number of hydrogen-bond donors (Lipinski definition) is 1. The number of anilines is 1. The number of pyridine rings is 1. The lowest BCUT2D eigenvalue weighted by atomic mass is 10.3. The fourth-order valence-electron chi connectivity index (χ4n) is 2.04. The van der Waals surface area contributed by atoms with E-state index < -0.39 is 28.5 Å². The molecular formula is C17H19N3O6S. The van der Waals surface area contributed by atoms with Gasteiger partial charge in [-0.25, -0.2) is 22.5 Å². The number of benzene rings is 1. The van der Waals surface area contributed by atoms with E-state index >= 15 is 0 Å². The second kappa shape index (κ2) is 8.60. The number of carbonyl (C=O) groups is 2. The van der Waals surface area contributed by atoms with Gasteiger partial charge >= 0.3 is 5.97 Å². The molecule has 1 aromatic carbocycles. The van der Waals surface area contributed by atoms with E-state index in [0.717, 1.165) is 4.31 Å². The Labute approximate surface area is 157 Å². The van der Waals surface area contributed by atoms with Crippen LogP contribution in [0.3, 0.4) is 0 Å². The minimum absolute atomic E-state index is 0.0779. The summed E-state index contributed by atoms with van der Waals surface area (Å²) in [4.78, 5) is 27.5. The van der Waals surface area contributed by atoms with Crippen molar-refractivity contribution in [3.63, 3.8) is 0 Å². The van der Waals surface area contributed by atoms with E-state index in [1.165, 1.54) is 51.7 Å². The first-order valence-corrected chi connectivity index (χ1v) is 9.18. The standard InChI is InChI=1S/C17H19N3O6S/c1-20(2)27(23,24)15-10-12(7-8-14(15)25-3)19-16(21)11-26-17(22)13-6-4-5-9-18-13/h4-10H,11H2,1-3H3,(H,19,21). The smallest absolute Gasteiger partial charge is 0.357 e. The summed E-state index contributed by atoms with van der Waals surface area (Å²) in [7, 11) is 0.342. The van der Waals surface area contributed by atoms with Crippen LogP contribution in [0.4, 0.5) is 5.69 Å². The second-order valence-electron chi connectivity index (χ2n) is 5.49. The number of ether oxygens (including phenoxy) is 2. The predicted molar refractivity (Wildman–Crippen MR) is 97.0 cm³/mol. The van der Waals surface area contributed by atoms with E-state index in [1.807, 2.05) is 0 Å². The third kappa shape index (κ3) is 5.02. The van der Waals surface area contributed by atoms with Crippen molar-refractivity contribution in [3.05, 3.63) is 48.3 Å². The Morgan fingerprint density at radius 3 is 2.52 bits per heavy atom. The number of esters is 1. The molecule has 27 heavy (non-hydrogen) atoms. The van der Waals surface area contributed by atoms with Crippen LogP contribution < -0.4 is 10.1 Å². The highest BCUT2D eigenvalue weighted by Gasteiger charge is 2.23. The number of rotatable bonds is 7. The Kier molecular flexibility index (Phi) is 6.48. The van der Waals surface area contributed by atoms with Gasteiger partial charge in [-0.2, -0.15) is 0 Å². The van der Waals surface area contributed by atoms with Gasteiger partial charge in [-0.15, -0.1) is 0 Å². The molecule has 0 spiro atoms. The summed E-state index contributed by atoms with van der Waals surface area (Å²) < 4.78 is 35.7. The van der Waals surface area contributed by atoms with Crippen LogP contribution in [-0.4, -0.2) is 57.4 Å². The van der Waals surface area contributed by atoms with Gasteiger partial charge in [-0.1, -0.05) is 6.07 Å². The van der Waals surface area contributed by atoms with E-state index in [9.17, 15) is 18.0 Å². The molecule has 0 saturated carbocycles. The summed E-state index contributed by atoms with van der Waals surface area (Å²) >= 11 is 0. The van der Waals surface area contributed by atoms with Gasteiger partial charge in [-0.3, -0.25) is 4.79 Å². The van der Waals surface area contributed by atoms with Crippen molar-refractivity contribution in [2.24, 2.45) is 0 Å². The zero-order chi connectivity index (χ0) is 20.0. The number of nitrogens with zero attached hydrogens (tertiary/aromatic N) is 2. The molecule has 1 heterocycles. The molecule has 0 saturated heterocycles. The lowest BCUT2D eigenvalue weighted by molar-refractivity contribution is -0.119. The highest BCUT2D eigenvalue weighted by Crippen LogP contribution is 2.28. The van der Waals surface area contributed by atoms with E-state index in [1.54, 1.807) is 12.1 Å². The molecule has 10 heteroatoms. The zero-order valence-electron chi connectivity index (χ0n) is 15.0.